The molecule has 1 aromatic rings. The number of ether oxygens (including phenoxy) is 2. The summed E-state index contributed by atoms with van der Waals surface area (Å²) in [6, 6.07) is 8.55. The summed E-state index contributed by atoms with van der Waals surface area (Å²) in [5.41, 5.74) is 2.55. The highest BCUT2D eigenvalue weighted by Gasteiger charge is 2.15. The van der Waals surface area contributed by atoms with Crippen LogP contribution in [0.15, 0.2) is 29.3 Å². The average molecular weight is 377 g/mol. The fraction of sp³-hybridized carbons (Fsp3) is 0.667. The summed E-state index contributed by atoms with van der Waals surface area (Å²) in [6.45, 7) is 12.3. The van der Waals surface area contributed by atoms with Gasteiger partial charge in [0.15, 0.2) is 5.96 Å². The van der Waals surface area contributed by atoms with Crippen LogP contribution < -0.4 is 15.5 Å². The molecule has 1 heterocycles. The predicted molar refractivity (Wildman–Crippen MR) is 113 cm³/mol. The molecule has 0 spiro atoms. The SMILES string of the molecule is CCOC(CCNC(=NC)NCc1ccccc1N1CCOCC1)C(C)C. The Morgan fingerprint density at radius 2 is 1.96 bits per heavy atom. The van der Waals surface area contributed by atoms with E-state index in [0.717, 1.165) is 58.4 Å². The third-order valence-corrected chi connectivity index (χ3v) is 4.86. The second kappa shape index (κ2) is 11.8. The van der Waals surface area contributed by atoms with Crippen molar-refractivity contribution in [1.82, 2.24) is 10.6 Å². The maximum atomic E-state index is 5.82. The van der Waals surface area contributed by atoms with Crippen molar-refractivity contribution in [1.29, 1.82) is 0 Å². The smallest absolute Gasteiger partial charge is 0.191 e. The Balaban J connectivity index is 1.85. The summed E-state index contributed by atoms with van der Waals surface area (Å²) in [5, 5.41) is 6.85. The molecule has 0 radical (unpaired) electrons. The van der Waals surface area contributed by atoms with Crippen LogP contribution in [0.25, 0.3) is 0 Å². The lowest BCUT2D eigenvalue weighted by Crippen LogP contribution is -2.40. The zero-order chi connectivity index (χ0) is 19.5. The van der Waals surface area contributed by atoms with Gasteiger partial charge >= 0.3 is 0 Å². The molecule has 0 aromatic heterocycles. The zero-order valence-electron chi connectivity index (χ0n) is 17.3. The van der Waals surface area contributed by atoms with E-state index in [1.807, 2.05) is 7.05 Å². The van der Waals surface area contributed by atoms with Crippen LogP contribution in [-0.2, 0) is 16.0 Å². The van der Waals surface area contributed by atoms with Crippen LogP contribution in [0.1, 0.15) is 32.8 Å². The van der Waals surface area contributed by atoms with Crippen LogP contribution in [0.5, 0.6) is 0 Å². The van der Waals surface area contributed by atoms with Gasteiger partial charge in [-0.1, -0.05) is 32.0 Å². The molecule has 2 rings (SSSR count). The van der Waals surface area contributed by atoms with Crippen LogP contribution in [0.2, 0.25) is 0 Å². The average Bonchev–Trinajstić information content (AvgIpc) is 2.70. The number of hydrogen-bond acceptors (Lipinski definition) is 4. The quantitative estimate of drug-likeness (QED) is 0.513. The van der Waals surface area contributed by atoms with Crippen molar-refractivity contribution < 1.29 is 9.47 Å². The normalized spacial score (nSPS) is 16.5. The summed E-state index contributed by atoms with van der Waals surface area (Å²) in [4.78, 5) is 6.75. The maximum Gasteiger partial charge on any atom is 0.191 e. The Bertz CT molecular complexity index is 571. The highest BCUT2D eigenvalue weighted by molar-refractivity contribution is 5.79. The maximum absolute atomic E-state index is 5.82. The van der Waals surface area contributed by atoms with Gasteiger partial charge in [-0.05, 0) is 30.9 Å². The van der Waals surface area contributed by atoms with Crippen molar-refractivity contribution in [2.75, 3.05) is 51.4 Å². The van der Waals surface area contributed by atoms with Crippen molar-refractivity contribution >= 4 is 11.6 Å². The van der Waals surface area contributed by atoms with Gasteiger partial charge in [0.25, 0.3) is 0 Å². The van der Waals surface area contributed by atoms with Gasteiger partial charge in [0.2, 0.25) is 0 Å². The molecule has 6 heteroatoms. The Morgan fingerprint density at radius 3 is 2.63 bits per heavy atom. The lowest BCUT2D eigenvalue weighted by atomic mass is 10.0. The van der Waals surface area contributed by atoms with Crippen LogP contribution >= 0.6 is 0 Å². The summed E-state index contributed by atoms with van der Waals surface area (Å²) in [7, 11) is 1.81. The Morgan fingerprint density at radius 1 is 1.22 bits per heavy atom. The molecule has 27 heavy (non-hydrogen) atoms. The molecule has 0 saturated carbocycles. The van der Waals surface area contributed by atoms with Gasteiger partial charge in [0, 0.05) is 45.5 Å². The number of aliphatic imine (C=N–C) groups is 1. The topological polar surface area (TPSA) is 58.1 Å². The molecule has 0 aliphatic carbocycles. The number of hydrogen-bond donors (Lipinski definition) is 2. The molecule has 1 unspecified atom stereocenters. The minimum atomic E-state index is 0.280. The lowest BCUT2D eigenvalue weighted by molar-refractivity contribution is 0.0258. The van der Waals surface area contributed by atoms with E-state index < -0.39 is 0 Å². The summed E-state index contributed by atoms with van der Waals surface area (Å²) < 4.78 is 11.3. The van der Waals surface area contributed by atoms with E-state index in [0.29, 0.717) is 5.92 Å². The molecule has 1 aliphatic heterocycles. The highest BCUT2D eigenvalue weighted by Crippen LogP contribution is 2.21. The molecular weight excluding hydrogens is 340 g/mol. The van der Waals surface area contributed by atoms with Crippen LogP contribution in [0.3, 0.4) is 0 Å². The molecule has 2 N–H and O–H groups in total. The van der Waals surface area contributed by atoms with Gasteiger partial charge in [-0.25, -0.2) is 0 Å². The number of para-hydroxylation sites is 1. The summed E-state index contributed by atoms with van der Waals surface area (Å²) >= 11 is 0. The van der Waals surface area contributed by atoms with Crippen molar-refractivity contribution in [3.63, 3.8) is 0 Å². The monoisotopic (exact) mass is 376 g/mol. The van der Waals surface area contributed by atoms with Crippen molar-refractivity contribution in [2.45, 2.75) is 39.8 Å². The summed E-state index contributed by atoms with van der Waals surface area (Å²) in [5.74, 6) is 1.34. The van der Waals surface area contributed by atoms with E-state index in [1.54, 1.807) is 0 Å². The Kier molecular flexibility index (Phi) is 9.42. The van der Waals surface area contributed by atoms with E-state index in [1.165, 1.54) is 11.3 Å². The molecule has 1 fully saturated rings. The van der Waals surface area contributed by atoms with E-state index in [-0.39, 0.29) is 6.10 Å². The first kappa shape index (κ1) is 21.5. The van der Waals surface area contributed by atoms with Crippen LogP contribution in [0, 0.1) is 5.92 Å². The molecular formula is C21H36N4O2. The Labute approximate surface area is 164 Å². The number of nitrogens with zero attached hydrogens (tertiary/aromatic N) is 2. The second-order valence-corrected chi connectivity index (χ2v) is 7.11. The number of benzene rings is 1. The first-order valence-corrected chi connectivity index (χ1v) is 10.1. The molecule has 0 bridgehead atoms. The fourth-order valence-electron chi connectivity index (χ4n) is 3.33. The van der Waals surface area contributed by atoms with Gasteiger partial charge in [0.05, 0.1) is 19.3 Å². The van der Waals surface area contributed by atoms with E-state index in [9.17, 15) is 0 Å². The number of anilines is 1. The molecule has 1 aromatic carbocycles. The number of morpholine rings is 1. The predicted octanol–water partition coefficient (Wildman–Crippen LogP) is 2.64. The molecule has 1 aliphatic rings. The van der Waals surface area contributed by atoms with Crippen molar-refractivity contribution in [3.05, 3.63) is 29.8 Å². The second-order valence-electron chi connectivity index (χ2n) is 7.11. The highest BCUT2D eigenvalue weighted by atomic mass is 16.5. The van der Waals surface area contributed by atoms with Gasteiger partial charge in [-0.15, -0.1) is 0 Å². The zero-order valence-corrected chi connectivity index (χ0v) is 17.3. The van der Waals surface area contributed by atoms with Crippen molar-refractivity contribution in [3.8, 4) is 0 Å². The molecule has 0 amide bonds. The van der Waals surface area contributed by atoms with Gasteiger partial charge < -0.3 is 25.0 Å². The first-order valence-electron chi connectivity index (χ1n) is 10.1. The Hall–Kier alpha value is -1.79. The standard InChI is InChI=1S/C21H36N4O2/c1-5-27-20(17(2)3)10-11-23-21(22-4)24-16-18-8-6-7-9-19(18)25-12-14-26-15-13-25/h6-9,17,20H,5,10-16H2,1-4H3,(H2,22,23,24). The van der Waals surface area contributed by atoms with Crippen LogP contribution in [-0.4, -0.2) is 58.6 Å². The van der Waals surface area contributed by atoms with E-state index >= 15 is 0 Å². The van der Waals surface area contributed by atoms with Crippen LogP contribution in [0.4, 0.5) is 5.69 Å². The van der Waals surface area contributed by atoms with E-state index in [4.69, 9.17) is 9.47 Å². The largest absolute Gasteiger partial charge is 0.378 e. The molecule has 6 nitrogen and oxygen atoms in total. The molecule has 1 atom stereocenters. The van der Waals surface area contributed by atoms with Gasteiger partial charge in [-0.2, -0.15) is 0 Å². The molecule has 152 valence electrons. The first-order chi connectivity index (χ1) is 13.2. The summed E-state index contributed by atoms with van der Waals surface area (Å²) in [6.07, 6.45) is 1.25. The minimum absolute atomic E-state index is 0.280. The number of guanidine groups is 1. The number of rotatable bonds is 9. The van der Waals surface area contributed by atoms with Gasteiger partial charge in [-0.3, -0.25) is 4.99 Å². The van der Waals surface area contributed by atoms with Gasteiger partial charge in [0.1, 0.15) is 0 Å². The number of nitrogens with one attached hydrogen (secondary N) is 2. The third kappa shape index (κ3) is 7.03. The minimum Gasteiger partial charge on any atom is -0.378 e. The fourth-order valence-corrected chi connectivity index (χ4v) is 3.33. The van der Waals surface area contributed by atoms with Crippen molar-refractivity contribution in [2.24, 2.45) is 10.9 Å². The third-order valence-electron chi connectivity index (χ3n) is 4.86. The molecule has 1 saturated heterocycles. The van der Waals surface area contributed by atoms with E-state index in [2.05, 4.69) is 65.6 Å². The lowest BCUT2D eigenvalue weighted by Gasteiger charge is -2.30.